The maximum atomic E-state index is 12.1. The number of benzene rings is 2. The van der Waals surface area contributed by atoms with Crippen LogP contribution in [0.2, 0.25) is 0 Å². The van der Waals surface area contributed by atoms with E-state index in [-0.39, 0.29) is 5.91 Å². The summed E-state index contributed by atoms with van der Waals surface area (Å²) in [5, 5.41) is 2.14. The molecule has 0 saturated heterocycles. The van der Waals surface area contributed by atoms with E-state index in [0.29, 0.717) is 0 Å². The summed E-state index contributed by atoms with van der Waals surface area (Å²) in [6.45, 7) is 1.61. The zero-order chi connectivity index (χ0) is 15.8. The summed E-state index contributed by atoms with van der Waals surface area (Å²) >= 11 is 1.63. The SMILES string of the molecule is CC(=O)n1c2ccccc2c2nc(CCc3ccccc3)sc21. The first-order valence-corrected chi connectivity index (χ1v) is 8.49. The van der Waals surface area contributed by atoms with Gasteiger partial charge in [-0.15, -0.1) is 11.3 Å². The van der Waals surface area contributed by atoms with Gasteiger partial charge in [0.25, 0.3) is 0 Å². The number of aromatic nitrogens is 2. The van der Waals surface area contributed by atoms with Crippen molar-refractivity contribution in [3.05, 3.63) is 65.2 Å². The van der Waals surface area contributed by atoms with Crippen molar-refractivity contribution in [2.24, 2.45) is 0 Å². The second-order valence-electron chi connectivity index (χ2n) is 5.62. The first kappa shape index (κ1) is 14.2. The van der Waals surface area contributed by atoms with Gasteiger partial charge in [0.2, 0.25) is 5.91 Å². The number of hydrogen-bond donors (Lipinski definition) is 0. The van der Waals surface area contributed by atoms with Crippen molar-refractivity contribution in [3.8, 4) is 0 Å². The molecule has 4 aromatic rings. The molecule has 0 amide bonds. The number of carbonyl (C=O) groups excluding carboxylic acids is 1. The van der Waals surface area contributed by atoms with Gasteiger partial charge in [-0.2, -0.15) is 0 Å². The molecule has 0 aliphatic carbocycles. The summed E-state index contributed by atoms with van der Waals surface area (Å²) in [6.07, 6.45) is 1.87. The van der Waals surface area contributed by atoms with Crippen molar-refractivity contribution in [2.45, 2.75) is 19.8 Å². The number of carbonyl (C=O) groups is 1. The fourth-order valence-corrected chi connectivity index (χ4v) is 4.11. The van der Waals surface area contributed by atoms with Crippen LogP contribution in [0.15, 0.2) is 54.6 Å². The van der Waals surface area contributed by atoms with Crippen LogP contribution < -0.4 is 0 Å². The highest BCUT2D eigenvalue weighted by Gasteiger charge is 2.17. The number of hydrogen-bond acceptors (Lipinski definition) is 3. The van der Waals surface area contributed by atoms with Crippen LogP contribution in [0.5, 0.6) is 0 Å². The normalized spacial score (nSPS) is 11.3. The van der Waals surface area contributed by atoms with Gasteiger partial charge in [-0.1, -0.05) is 48.5 Å². The molecule has 0 bridgehead atoms. The van der Waals surface area contributed by atoms with Crippen LogP contribution in [0.3, 0.4) is 0 Å². The molecule has 2 aromatic carbocycles. The summed E-state index contributed by atoms with van der Waals surface area (Å²) < 4.78 is 1.79. The topological polar surface area (TPSA) is 34.9 Å². The van der Waals surface area contributed by atoms with Gasteiger partial charge in [0.05, 0.1) is 10.5 Å². The van der Waals surface area contributed by atoms with Gasteiger partial charge < -0.3 is 0 Å². The van der Waals surface area contributed by atoms with E-state index in [0.717, 1.165) is 39.1 Å². The van der Waals surface area contributed by atoms with E-state index in [9.17, 15) is 4.79 Å². The molecule has 0 radical (unpaired) electrons. The molecule has 2 heterocycles. The van der Waals surface area contributed by atoms with Crippen LogP contribution in [-0.4, -0.2) is 15.5 Å². The highest BCUT2D eigenvalue weighted by atomic mass is 32.1. The zero-order valence-corrected chi connectivity index (χ0v) is 13.6. The molecule has 2 aromatic heterocycles. The molecule has 0 fully saturated rings. The van der Waals surface area contributed by atoms with E-state index in [1.54, 1.807) is 22.8 Å². The average Bonchev–Trinajstić information content (AvgIpc) is 3.10. The number of para-hydroxylation sites is 1. The molecule has 23 heavy (non-hydrogen) atoms. The Balaban J connectivity index is 1.76. The lowest BCUT2D eigenvalue weighted by atomic mass is 10.1. The Bertz CT molecular complexity index is 998. The summed E-state index contributed by atoms with van der Waals surface area (Å²) in [5.74, 6) is 0.0365. The standard InChI is InChI=1S/C19H16N2OS/c1-13(22)21-16-10-6-5-9-15(16)18-19(21)23-17(20-18)12-11-14-7-3-2-4-8-14/h2-10H,11-12H2,1H3. The average molecular weight is 320 g/mol. The van der Waals surface area contributed by atoms with Crippen LogP contribution in [0.4, 0.5) is 0 Å². The first-order chi connectivity index (χ1) is 11.2. The summed E-state index contributed by atoms with van der Waals surface area (Å²) in [5.41, 5.74) is 3.21. The molecule has 0 unspecified atom stereocenters. The van der Waals surface area contributed by atoms with Crippen molar-refractivity contribution < 1.29 is 4.79 Å². The fourth-order valence-electron chi connectivity index (χ4n) is 2.98. The van der Waals surface area contributed by atoms with Crippen molar-refractivity contribution in [2.75, 3.05) is 0 Å². The Kier molecular flexibility index (Phi) is 3.46. The second kappa shape index (κ2) is 5.63. The van der Waals surface area contributed by atoms with E-state index < -0.39 is 0 Å². The van der Waals surface area contributed by atoms with Gasteiger partial charge >= 0.3 is 0 Å². The van der Waals surface area contributed by atoms with Crippen molar-refractivity contribution in [3.63, 3.8) is 0 Å². The summed E-state index contributed by atoms with van der Waals surface area (Å²) in [4.78, 5) is 17.8. The van der Waals surface area contributed by atoms with Gasteiger partial charge in [-0.05, 0) is 18.1 Å². The number of fused-ring (bicyclic) bond motifs is 3. The van der Waals surface area contributed by atoms with Crippen LogP contribution in [0.1, 0.15) is 22.3 Å². The lowest BCUT2D eigenvalue weighted by molar-refractivity contribution is 0.0947. The monoisotopic (exact) mass is 320 g/mol. The molecule has 0 aliphatic heterocycles. The summed E-state index contributed by atoms with van der Waals surface area (Å²) in [6, 6.07) is 18.4. The van der Waals surface area contributed by atoms with E-state index in [1.165, 1.54) is 5.56 Å². The van der Waals surface area contributed by atoms with Gasteiger partial charge in [0.1, 0.15) is 10.3 Å². The molecule has 0 spiro atoms. The van der Waals surface area contributed by atoms with Crippen molar-refractivity contribution >= 4 is 38.5 Å². The fraction of sp³-hybridized carbons (Fsp3) is 0.158. The van der Waals surface area contributed by atoms with E-state index in [4.69, 9.17) is 4.98 Å². The zero-order valence-electron chi connectivity index (χ0n) is 12.8. The lowest BCUT2D eigenvalue weighted by Crippen LogP contribution is -2.03. The highest BCUT2D eigenvalue weighted by Crippen LogP contribution is 2.33. The molecule has 0 saturated carbocycles. The predicted molar refractivity (Wildman–Crippen MR) is 95.3 cm³/mol. The van der Waals surface area contributed by atoms with Crippen LogP contribution in [0, 0.1) is 0 Å². The van der Waals surface area contributed by atoms with Gasteiger partial charge in [-0.3, -0.25) is 9.36 Å². The molecule has 0 aliphatic rings. The Labute approximate surface area is 138 Å². The molecule has 0 atom stereocenters. The van der Waals surface area contributed by atoms with Crippen molar-refractivity contribution in [1.29, 1.82) is 0 Å². The minimum absolute atomic E-state index is 0.0365. The molecular formula is C19H16N2OS. The van der Waals surface area contributed by atoms with Crippen LogP contribution in [0.25, 0.3) is 21.3 Å². The van der Waals surface area contributed by atoms with E-state index >= 15 is 0 Å². The number of nitrogens with zero attached hydrogens (tertiary/aromatic N) is 2. The van der Waals surface area contributed by atoms with Crippen LogP contribution in [-0.2, 0) is 12.8 Å². The molecule has 0 N–H and O–H groups in total. The Hall–Kier alpha value is -2.46. The quantitative estimate of drug-likeness (QED) is 0.548. The largest absolute Gasteiger partial charge is 0.274 e. The molecular weight excluding hydrogens is 304 g/mol. The number of rotatable bonds is 3. The Morgan fingerprint density at radius 3 is 2.57 bits per heavy atom. The molecule has 114 valence electrons. The van der Waals surface area contributed by atoms with Crippen LogP contribution >= 0.6 is 11.3 Å². The minimum atomic E-state index is 0.0365. The molecule has 4 rings (SSSR count). The lowest BCUT2D eigenvalue weighted by Gasteiger charge is -2.00. The predicted octanol–water partition coefficient (Wildman–Crippen LogP) is 4.70. The minimum Gasteiger partial charge on any atom is -0.274 e. The smallest absolute Gasteiger partial charge is 0.229 e. The van der Waals surface area contributed by atoms with Crippen molar-refractivity contribution in [1.82, 2.24) is 9.55 Å². The van der Waals surface area contributed by atoms with Gasteiger partial charge in [0.15, 0.2) is 0 Å². The van der Waals surface area contributed by atoms with Gasteiger partial charge in [0, 0.05) is 18.7 Å². The third kappa shape index (κ3) is 2.45. The Morgan fingerprint density at radius 1 is 1.04 bits per heavy atom. The maximum absolute atomic E-state index is 12.1. The third-order valence-electron chi connectivity index (χ3n) is 4.04. The number of aryl methyl sites for hydroxylation is 2. The first-order valence-electron chi connectivity index (χ1n) is 7.68. The third-order valence-corrected chi connectivity index (χ3v) is 5.14. The second-order valence-corrected chi connectivity index (χ2v) is 6.68. The molecule has 3 nitrogen and oxygen atoms in total. The maximum Gasteiger partial charge on any atom is 0.229 e. The van der Waals surface area contributed by atoms with E-state index in [2.05, 4.69) is 24.3 Å². The molecule has 4 heteroatoms. The van der Waals surface area contributed by atoms with Gasteiger partial charge in [-0.25, -0.2) is 4.98 Å². The highest BCUT2D eigenvalue weighted by molar-refractivity contribution is 7.18. The Morgan fingerprint density at radius 2 is 1.78 bits per heavy atom. The number of thiazole rings is 1. The van der Waals surface area contributed by atoms with E-state index in [1.807, 2.05) is 30.3 Å². The summed E-state index contributed by atoms with van der Waals surface area (Å²) in [7, 11) is 0.